The van der Waals surface area contributed by atoms with Crippen LogP contribution in [0.25, 0.3) is 33.5 Å². The molecular formula is C72H93F3N18O12S3. The molecule has 9 aromatic rings. The summed E-state index contributed by atoms with van der Waals surface area (Å²) in [5.41, 5.74) is -9.10. The van der Waals surface area contributed by atoms with Crippen LogP contribution in [0, 0.1) is 38.2 Å². The summed E-state index contributed by atoms with van der Waals surface area (Å²) in [7, 11) is 0. The van der Waals surface area contributed by atoms with Crippen LogP contribution in [0.3, 0.4) is 0 Å². The SMILES string of the molecule is [2H]C([2H])(C)C([2H])([2H])Sc1nc(N[C@]2([2H])C([2H])([2H])[C@@]2([2H])c2ccc(C)c(F)c2)c2nnn([C@@H]3C[C@H](OC([2H])([2H])C([2H])([2H])O)[C@@H](O)[C@H]3O)c2n1.[2H]C([2H])(CO)O[C@H]1C[C@@H](n2nnc3c(N[C@]4([2H])C([2H])([2H])[C@@]4([2H])c4ccc(C)c(F)c4)nc(SC([2H])([2H])C([2H])([2H])C)nc32)[C@H](O)[C@@H]1O.[2H]C([2H])(O)CO[C@H]1C[C@@H](n2nnc3c(N[C@]4([2H])C([2H])([2H])[C@@]4([2H])c4ccc(C)c(F)c4)nc(SC([2H])([2H])C([2H])([2H])C)nc32)[C@H](O)[C@@H]1O. The Morgan fingerprint density at radius 2 is 0.796 bits per heavy atom. The van der Waals surface area contributed by atoms with Crippen molar-refractivity contribution < 1.29 is 117 Å². The third kappa shape index (κ3) is 17.5. The van der Waals surface area contributed by atoms with Crippen LogP contribution in [-0.2, 0) is 14.2 Å². The predicted octanol–water partition coefficient (Wildman–Crippen LogP) is 6.55. The number of aromatic nitrogens is 15. The molecule has 0 spiro atoms. The van der Waals surface area contributed by atoms with E-state index in [1.807, 2.05) is 0 Å². The highest BCUT2D eigenvalue weighted by Gasteiger charge is 2.49. The van der Waals surface area contributed by atoms with Crippen LogP contribution in [0.5, 0.6) is 0 Å². The van der Waals surface area contributed by atoms with Crippen LogP contribution in [0.4, 0.5) is 30.6 Å². The number of hydrogen-bond acceptors (Lipinski definition) is 30. The third-order valence-corrected chi connectivity index (χ3v) is 19.7. The Labute approximate surface area is 678 Å². The molecule has 36 heteroatoms. The van der Waals surface area contributed by atoms with E-state index in [9.17, 15) is 59.1 Å². The molecule has 0 aliphatic heterocycles. The Bertz CT molecular complexity index is 6230. The van der Waals surface area contributed by atoms with Crippen LogP contribution < -0.4 is 16.0 Å². The number of hydrogen-bond donors (Lipinski definition) is 12. The number of benzene rings is 3. The minimum atomic E-state index is -3.49. The lowest BCUT2D eigenvalue weighted by Crippen LogP contribution is -2.33. The number of anilines is 3. The van der Waals surface area contributed by atoms with Crippen molar-refractivity contribution in [2.75, 3.05) is 72.5 Å². The fourth-order valence-electron chi connectivity index (χ4n) is 12.0. The molecule has 6 aliphatic rings. The van der Waals surface area contributed by atoms with Crippen LogP contribution in [0.2, 0.25) is 0 Å². The first kappa shape index (κ1) is 47.9. The van der Waals surface area contributed by atoms with Gasteiger partial charge in [0.1, 0.15) is 54.1 Å². The number of thioether (sulfide) groups is 3. The molecule has 3 aromatic carbocycles. The molecule has 0 unspecified atom stereocenters. The smallest absolute Gasteiger partial charge is 0.191 e. The fraction of sp³-hybridized carbons (Fsp3) is 0.583. The molecule has 18 atom stereocenters. The fourth-order valence-corrected chi connectivity index (χ4v) is 13.4. The van der Waals surface area contributed by atoms with Crippen molar-refractivity contribution in [1.82, 2.24) is 74.9 Å². The highest BCUT2D eigenvalue weighted by molar-refractivity contribution is 7.99. The quantitative estimate of drug-likeness (QED) is 0.0168. The van der Waals surface area contributed by atoms with E-state index in [2.05, 4.69) is 76.8 Å². The van der Waals surface area contributed by atoms with E-state index in [4.69, 9.17) is 58.1 Å². The van der Waals surface area contributed by atoms with Gasteiger partial charge in [0.2, 0.25) is 0 Å². The highest BCUT2D eigenvalue weighted by Crippen LogP contribution is 2.48. The van der Waals surface area contributed by atoms with Crippen molar-refractivity contribution in [3.8, 4) is 0 Å². The molecular weight excluding hydrogens is 1460 g/mol. The van der Waals surface area contributed by atoms with Crippen molar-refractivity contribution in [1.29, 1.82) is 0 Å². The number of aliphatic hydroxyl groups is 9. The topological polar surface area (TPSA) is 415 Å². The van der Waals surface area contributed by atoms with Gasteiger partial charge in [-0.1, -0.05) is 108 Å². The zero-order chi connectivity index (χ0) is 105. The normalized spacial score (nSPS) is 38.8. The van der Waals surface area contributed by atoms with E-state index in [1.54, 1.807) is 0 Å². The van der Waals surface area contributed by atoms with Gasteiger partial charge in [-0.2, -0.15) is 0 Å². The largest absolute Gasteiger partial charge is 0.394 e. The van der Waals surface area contributed by atoms with Crippen LogP contribution in [-0.4, -0.2) is 250 Å². The molecule has 0 saturated heterocycles. The van der Waals surface area contributed by atoms with Crippen molar-refractivity contribution in [3.63, 3.8) is 0 Å². The number of aliphatic hydroxyl groups excluding tert-OH is 7. The Kier molecular flexibility index (Phi) is 15.6. The number of nitrogens with zero attached hydrogens (tertiary/aromatic N) is 15. The van der Waals surface area contributed by atoms with Gasteiger partial charge in [-0.05, 0) is 111 Å². The summed E-state index contributed by atoms with van der Waals surface area (Å²) in [5.74, 6) is -10.5. The second-order valence-corrected chi connectivity index (χ2v) is 26.9. The zero-order valence-corrected chi connectivity index (χ0v) is 59.9. The molecule has 6 aliphatic carbocycles. The zero-order valence-electron chi connectivity index (χ0n) is 89.5. The lowest BCUT2D eigenvalue weighted by atomic mass is 10.1. The molecule has 6 aromatic heterocycles. The van der Waals surface area contributed by atoms with Crippen molar-refractivity contribution in [3.05, 3.63) is 105 Å². The standard InChI is InChI=1S/3C24H31FN6O4S/c3*1-3-8-36-24-27-22(26-16-10-14(16)13-5-4-12(2)15(25)9-13)19-23(28-24)31(30-29-19)17-11-18(35-7-6-32)21(34)20(17)33/h3*4-5,9,14,16-18,20-21,32-34H,3,6-8,10-11H2,1-2H3,(H,26,27,28)/t3*14-,16+,17+,18-,20-,21+/m000/s1/i3D2,6D2,7D2,8D2,10D2,14D,16D;3D2,7D2,8D2,10D2,14D,16D;3D2,6D2,8D2,10D2,14D,16D. The maximum Gasteiger partial charge on any atom is 0.191 e. The summed E-state index contributed by atoms with van der Waals surface area (Å²) in [6, 6.07) is -0.275. The van der Waals surface area contributed by atoms with E-state index in [0.29, 0.717) is 0 Å². The second kappa shape index (κ2) is 35.1. The van der Waals surface area contributed by atoms with E-state index in [0.717, 1.165) is 53.0 Å². The maximum atomic E-state index is 14.5. The molecule has 0 amide bonds. The van der Waals surface area contributed by atoms with E-state index in [1.165, 1.54) is 57.2 Å². The van der Waals surface area contributed by atoms with Gasteiger partial charge < -0.3 is 76.1 Å². The average molecular weight is 1590 g/mol. The molecule has 15 rings (SSSR count). The van der Waals surface area contributed by atoms with Gasteiger partial charge in [-0.25, -0.2) is 57.1 Å². The highest BCUT2D eigenvalue weighted by atomic mass is 32.2. The third-order valence-electron chi connectivity index (χ3n) is 17.7. The molecule has 6 fully saturated rings. The summed E-state index contributed by atoms with van der Waals surface area (Å²) < 4.78 is 323. The van der Waals surface area contributed by atoms with Gasteiger partial charge in [0.25, 0.3) is 0 Å². The molecule has 0 bridgehead atoms. The monoisotopic (exact) mass is 1590 g/mol. The van der Waals surface area contributed by atoms with Crippen molar-refractivity contribution >= 4 is 86.2 Å². The van der Waals surface area contributed by atoms with Crippen molar-refractivity contribution in [2.45, 2.75) is 223 Å². The first-order valence-electron chi connectivity index (χ1n) is 48.9. The summed E-state index contributed by atoms with van der Waals surface area (Å²) in [6.45, 7) is -6.51. The Hall–Kier alpha value is -7.14. The predicted molar refractivity (Wildman–Crippen MR) is 398 cm³/mol. The first-order chi connectivity index (χ1) is 63.7. The van der Waals surface area contributed by atoms with Crippen LogP contribution in [0.15, 0.2) is 70.1 Å². The first-order valence-corrected chi connectivity index (χ1v) is 35.3. The molecule has 6 heterocycles. The maximum absolute atomic E-state index is 14.5. The average Bonchev–Trinajstić information content (AvgIpc) is 1.48. The van der Waals surface area contributed by atoms with Crippen LogP contribution >= 0.6 is 35.3 Å². The summed E-state index contributed by atoms with van der Waals surface area (Å²) in [4.78, 5) is 25.3. The molecule has 0 radical (unpaired) electrons. The molecule has 30 nitrogen and oxygen atoms in total. The van der Waals surface area contributed by atoms with Gasteiger partial charge >= 0.3 is 0 Å². The molecule has 6 saturated carbocycles. The lowest BCUT2D eigenvalue weighted by molar-refractivity contribution is -0.0629. The summed E-state index contributed by atoms with van der Waals surface area (Å²) in [6.07, 6.45) is -30.2. The lowest BCUT2D eigenvalue weighted by Gasteiger charge is -2.17. The van der Waals surface area contributed by atoms with Gasteiger partial charge in [0.05, 0.1) is 91.0 Å². The van der Waals surface area contributed by atoms with Gasteiger partial charge in [0, 0.05) is 101 Å². The molecule has 108 heavy (non-hydrogen) atoms. The van der Waals surface area contributed by atoms with Gasteiger partial charge in [-0.15, -0.1) is 15.3 Å². The second-order valence-electron chi connectivity index (χ2n) is 24.6. The number of nitrogens with one attached hydrogen (secondary N) is 3. The van der Waals surface area contributed by atoms with E-state index >= 15 is 0 Å². The van der Waals surface area contributed by atoms with E-state index < -0.39 is 255 Å². The summed E-state index contributed by atoms with van der Waals surface area (Å²) in [5, 5.41) is 123. The minimum absolute atomic E-state index is 0.136. The van der Waals surface area contributed by atoms with Gasteiger partial charge in [-0.3, -0.25) is 0 Å². The minimum Gasteiger partial charge on any atom is -0.394 e. The van der Waals surface area contributed by atoms with Crippen LogP contribution in [0.1, 0.15) is 191 Å². The Morgan fingerprint density at radius 1 is 0.472 bits per heavy atom. The molecule has 12 N–H and O–H groups in total. The van der Waals surface area contributed by atoms with E-state index in [-0.39, 0.29) is 121 Å². The van der Waals surface area contributed by atoms with Gasteiger partial charge in [0.15, 0.2) is 66.4 Å². The van der Waals surface area contributed by atoms with Crippen molar-refractivity contribution in [2.24, 2.45) is 0 Å². The Morgan fingerprint density at radius 3 is 1.09 bits per heavy atom. The number of aryl methyl sites for hydroxylation is 3. The molecule has 582 valence electrons. The number of ether oxygens (including phenoxy) is 3. The number of fused-ring (bicyclic) bond motifs is 3. The number of rotatable bonds is 30. The Balaban J connectivity index is 0.000000177. The summed E-state index contributed by atoms with van der Waals surface area (Å²) >= 11 is 0.738. The number of halogens is 3.